The fraction of sp³-hybridized carbons (Fsp3) is 0.240. The van der Waals surface area contributed by atoms with Crippen LogP contribution in [0.3, 0.4) is 0 Å². The summed E-state index contributed by atoms with van der Waals surface area (Å²) in [5, 5.41) is 0. The summed E-state index contributed by atoms with van der Waals surface area (Å²) >= 11 is 0. The maximum Gasteiger partial charge on any atom is 0.243 e. The number of nitrogens with zero attached hydrogens (tertiary/aromatic N) is 3. The van der Waals surface area contributed by atoms with Gasteiger partial charge in [0.15, 0.2) is 0 Å². The number of rotatable bonds is 9. The largest absolute Gasteiger partial charge is 0.497 e. The maximum absolute atomic E-state index is 13.6. The summed E-state index contributed by atoms with van der Waals surface area (Å²) in [5.41, 5.74) is 3.53. The molecule has 2 aromatic heterocycles. The Hall–Kier alpha value is -3.36. The smallest absolute Gasteiger partial charge is 0.243 e. The number of hydrogen-bond acceptors (Lipinski definition) is 5. The lowest BCUT2D eigenvalue weighted by molar-refractivity contribution is 0.348. The number of furan rings is 1. The third-order valence-corrected chi connectivity index (χ3v) is 7.38. The summed E-state index contributed by atoms with van der Waals surface area (Å²) in [7, 11) is -2.27. The molecule has 2 heterocycles. The normalized spacial score (nSPS) is 11.8. The van der Waals surface area contributed by atoms with Gasteiger partial charge in [0, 0.05) is 18.9 Å². The maximum atomic E-state index is 13.6. The zero-order chi connectivity index (χ0) is 23.4. The monoisotopic (exact) mass is 465 g/mol. The Balaban J connectivity index is 1.65. The standard InChI is InChI=1S/C25H27N3O4S/c1-19-6-7-20(2)21(15-19)16-27-13-12-26-25(27)18-28(17-23-5-4-14-32-23)33(29,30)24-10-8-22(31-3)9-11-24/h4-15H,16-18H2,1-3H3. The van der Waals surface area contributed by atoms with Crippen LogP contribution in [-0.4, -0.2) is 29.4 Å². The van der Waals surface area contributed by atoms with Gasteiger partial charge >= 0.3 is 0 Å². The van der Waals surface area contributed by atoms with Crippen LogP contribution in [0.4, 0.5) is 0 Å². The number of imidazole rings is 1. The van der Waals surface area contributed by atoms with Crippen LogP contribution in [0.2, 0.25) is 0 Å². The SMILES string of the molecule is COc1ccc(S(=O)(=O)N(Cc2ccco2)Cc2nccn2Cc2cc(C)ccc2C)cc1. The molecular formula is C25H27N3O4S. The fourth-order valence-electron chi connectivity index (χ4n) is 3.65. The van der Waals surface area contributed by atoms with E-state index in [1.165, 1.54) is 27.3 Å². The number of benzene rings is 2. The van der Waals surface area contributed by atoms with Gasteiger partial charge in [0.2, 0.25) is 10.0 Å². The molecule has 0 aliphatic rings. The van der Waals surface area contributed by atoms with E-state index in [0.717, 1.165) is 0 Å². The van der Waals surface area contributed by atoms with E-state index in [9.17, 15) is 8.42 Å². The molecule has 33 heavy (non-hydrogen) atoms. The Kier molecular flexibility index (Phi) is 6.67. The van der Waals surface area contributed by atoms with Gasteiger partial charge in [0.05, 0.1) is 31.4 Å². The van der Waals surface area contributed by atoms with E-state index >= 15 is 0 Å². The average Bonchev–Trinajstić information content (AvgIpc) is 3.48. The molecule has 0 atom stereocenters. The Bertz CT molecular complexity index is 1310. The van der Waals surface area contributed by atoms with Gasteiger partial charge in [-0.05, 0) is 61.4 Å². The van der Waals surface area contributed by atoms with Crippen molar-refractivity contribution in [2.75, 3.05) is 7.11 Å². The molecule has 0 aliphatic carbocycles. The molecule has 0 N–H and O–H groups in total. The highest BCUT2D eigenvalue weighted by Crippen LogP contribution is 2.24. The zero-order valence-corrected chi connectivity index (χ0v) is 19.7. The Morgan fingerprint density at radius 1 is 1.06 bits per heavy atom. The lowest BCUT2D eigenvalue weighted by Crippen LogP contribution is -2.31. The van der Waals surface area contributed by atoms with Crippen LogP contribution >= 0.6 is 0 Å². The first kappa shape index (κ1) is 22.8. The molecule has 0 unspecified atom stereocenters. The van der Waals surface area contributed by atoms with Crippen molar-refractivity contribution in [1.82, 2.24) is 13.9 Å². The second-order valence-corrected chi connectivity index (χ2v) is 9.87. The number of aromatic nitrogens is 2. The Morgan fingerprint density at radius 3 is 2.55 bits per heavy atom. The van der Waals surface area contributed by atoms with Gasteiger partial charge < -0.3 is 13.7 Å². The first-order valence-electron chi connectivity index (χ1n) is 10.6. The van der Waals surface area contributed by atoms with Crippen LogP contribution in [0.25, 0.3) is 0 Å². The first-order chi connectivity index (χ1) is 15.9. The molecular weight excluding hydrogens is 438 g/mol. The molecule has 2 aromatic carbocycles. The fourth-order valence-corrected chi connectivity index (χ4v) is 5.01. The molecule has 7 nitrogen and oxygen atoms in total. The summed E-state index contributed by atoms with van der Waals surface area (Å²) in [4.78, 5) is 4.66. The summed E-state index contributed by atoms with van der Waals surface area (Å²) < 4.78 is 41.1. The van der Waals surface area contributed by atoms with E-state index in [2.05, 4.69) is 37.0 Å². The molecule has 0 saturated carbocycles. The minimum atomic E-state index is -3.82. The van der Waals surface area contributed by atoms with Crippen molar-refractivity contribution in [3.8, 4) is 5.75 Å². The second-order valence-electron chi connectivity index (χ2n) is 7.93. The van der Waals surface area contributed by atoms with Crippen LogP contribution in [0, 0.1) is 13.8 Å². The number of ether oxygens (including phenoxy) is 1. The summed E-state index contributed by atoms with van der Waals surface area (Å²) in [5.74, 6) is 1.80. The minimum Gasteiger partial charge on any atom is -0.497 e. The number of sulfonamides is 1. The molecule has 172 valence electrons. The van der Waals surface area contributed by atoms with Gasteiger partial charge in [-0.25, -0.2) is 13.4 Å². The molecule has 0 amide bonds. The lowest BCUT2D eigenvalue weighted by Gasteiger charge is -2.22. The third-order valence-electron chi connectivity index (χ3n) is 5.57. The predicted molar refractivity (Wildman–Crippen MR) is 125 cm³/mol. The molecule has 0 radical (unpaired) electrons. The topological polar surface area (TPSA) is 77.6 Å². The van der Waals surface area contributed by atoms with E-state index in [0.29, 0.717) is 23.9 Å². The van der Waals surface area contributed by atoms with Gasteiger partial charge in [-0.2, -0.15) is 4.31 Å². The van der Waals surface area contributed by atoms with Gasteiger partial charge in [-0.3, -0.25) is 0 Å². The van der Waals surface area contributed by atoms with Gasteiger partial charge in [0.25, 0.3) is 0 Å². The summed E-state index contributed by atoms with van der Waals surface area (Å²) in [6.45, 7) is 4.94. The van der Waals surface area contributed by atoms with Gasteiger partial charge in [-0.15, -0.1) is 0 Å². The highest BCUT2D eigenvalue weighted by Gasteiger charge is 2.27. The summed E-state index contributed by atoms with van der Waals surface area (Å²) in [6.07, 6.45) is 5.11. The van der Waals surface area contributed by atoms with Gasteiger partial charge in [-0.1, -0.05) is 23.8 Å². The lowest BCUT2D eigenvalue weighted by atomic mass is 10.1. The summed E-state index contributed by atoms with van der Waals surface area (Å²) in [6, 6.07) is 16.2. The quantitative estimate of drug-likeness (QED) is 0.363. The van der Waals surface area contributed by atoms with Crippen LogP contribution in [0.5, 0.6) is 5.75 Å². The van der Waals surface area contributed by atoms with Crippen molar-refractivity contribution in [3.63, 3.8) is 0 Å². The number of hydrogen-bond donors (Lipinski definition) is 0. The van der Waals surface area contributed by atoms with Gasteiger partial charge in [0.1, 0.15) is 17.3 Å². The third kappa shape index (κ3) is 5.18. The predicted octanol–water partition coefficient (Wildman–Crippen LogP) is 4.54. The van der Waals surface area contributed by atoms with Crippen LogP contribution < -0.4 is 4.74 Å². The molecule has 4 rings (SSSR count). The van der Waals surface area contributed by atoms with E-state index in [1.807, 2.05) is 10.8 Å². The van der Waals surface area contributed by atoms with Crippen molar-refractivity contribution >= 4 is 10.0 Å². The highest BCUT2D eigenvalue weighted by molar-refractivity contribution is 7.89. The molecule has 4 aromatic rings. The first-order valence-corrected chi connectivity index (χ1v) is 12.0. The van der Waals surface area contributed by atoms with Crippen LogP contribution in [0.1, 0.15) is 28.3 Å². The molecule has 0 aliphatic heterocycles. The van der Waals surface area contributed by atoms with E-state index < -0.39 is 10.0 Å². The Morgan fingerprint density at radius 2 is 1.85 bits per heavy atom. The Labute approximate surface area is 194 Å². The van der Waals surface area contributed by atoms with Crippen LogP contribution in [0.15, 0.2) is 82.6 Å². The average molecular weight is 466 g/mol. The van der Waals surface area contributed by atoms with Crippen molar-refractivity contribution in [3.05, 3.63) is 102 Å². The molecule has 0 spiro atoms. The zero-order valence-electron chi connectivity index (χ0n) is 18.9. The van der Waals surface area contributed by atoms with Crippen molar-refractivity contribution < 1.29 is 17.6 Å². The molecule has 0 fully saturated rings. The minimum absolute atomic E-state index is 0.0949. The number of methoxy groups -OCH3 is 1. The van der Waals surface area contributed by atoms with E-state index in [4.69, 9.17) is 9.15 Å². The molecule has 8 heteroatoms. The number of aryl methyl sites for hydroxylation is 2. The van der Waals surface area contributed by atoms with E-state index in [-0.39, 0.29) is 18.0 Å². The van der Waals surface area contributed by atoms with E-state index in [1.54, 1.807) is 49.7 Å². The van der Waals surface area contributed by atoms with Crippen LogP contribution in [-0.2, 0) is 29.7 Å². The second kappa shape index (κ2) is 9.64. The van der Waals surface area contributed by atoms with Crippen molar-refractivity contribution in [2.24, 2.45) is 0 Å². The van der Waals surface area contributed by atoms with Crippen molar-refractivity contribution in [2.45, 2.75) is 38.4 Å². The van der Waals surface area contributed by atoms with Crippen molar-refractivity contribution in [1.29, 1.82) is 0 Å². The molecule has 0 saturated heterocycles. The molecule has 0 bridgehead atoms. The highest BCUT2D eigenvalue weighted by atomic mass is 32.2.